The molecule has 0 spiro atoms. The van der Waals surface area contributed by atoms with E-state index in [0.717, 1.165) is 12.8 Å². The molecule has 0 aromatic rings. The Labute approximate surface area is 126 Å². The van der Waals surface area contributed by atoms with Gasteiger partial charge < -0.3 is 15.8 Å². The molecule has 5 nitrogen and oxygen atoms in total. The fourth-order valence-electron chi connectivity index (χ4n) is 1.73. The summed E-state index contributed by atoms with van der Waals surface area (Å²) < 4.78 is 4.54. The normalized spacial score (nSPS) is 13.6. The molecule has 0 rings (SSSR count). The average Bonchev–Trinajstić information content (AvgIpc) is 2.42. The molecule has 0 fully saturated rings. The van der Waals surface area contributed by atoms with Gasteiger partial charge in [-0.1, -0.05) is 26.2 Å². The predicted octanol–water partition coefficient (Wildman–Crippen LogP) is 1.70. The summed E-state index contributed by atoms with van der Waals surface area (Å²) in [7, 11) is 1.32. The van der Waals surface area contributed by atoms with Crippen LogP contribution in [0.5, 0.6) is 0 Å². The highest BCUT2D eigenvalue weighted by molar-refractivity contribution is 7.99. The van der Waals surface area contributed by atoms with Crippen molar-refractivity contribution in [3.8, 4) is 0 Å². The number of amides is 1. The molecule has 0 radical (unpaired) electrons. The fraction of sp³-hybridized carbons (Fsp3) is 0.857. The zero-order chi connectivity index (χ0) is 15.4. The maximum atomic E-state index is 11.7. The summed E-state index contributed by atoms with van der Waals surface area (Å²) in [4.78, 5) is 22.7. The zero-order valence-electron chi connectivity index (χ0n) is 12.8. The minimum atomic E-state index is -0.594. The van der Waals surface area contributed by atoms with Gasteiger partial charge in [-0.05, 0) is 25.5 Å². The van der Waals surface area contributed by atoms with Crippen molar-refractivity contribution in [3.05, 3.63) is 0 Å². The Morgan fingerprint density at radius 2 is 2.00 bits per heavy atom. The number of thioether (sulfide) groups is 1. The van der Waals surface area contributed by atoms with Crippen LogP contribution < -0.4 is 11.1 Å². The predicted molar refractivity (Wildman–Crippen MR) is 83.7 cm³/mol. The molecule has 0 saturated heterocycles. The van der Waals surface area contributed by atoms with Gasteiger partial charge in [-0.2, -0.15) is 11.8 Å². The number of hydrogen-bond acceptors (Lipinski definition) is 5. The number of carbonyl (C=O) groups excluding carboxylic acids is 2. The van der Waals surface area contributed by atoms with E-state index in [0.29, 0.717) is 17.9 Å². The molecule has 6 heteroatoms. The molecule has 3 N–H and O–H groups in total. The van der Waals surface area contributed by atoms with Gasteiger partial charge in [0.1, 0.15) is 6.04 Å². The molecule has 118 valence electrons. The largest absolute Gasteiger partial charge is 0.468 e. The van der Waals surface area contributed by atoms with Gasteiger partial charge in [0.15, 0.2) is 0 Å². The van der Waals surface area contributed by atoms with E-state index < -0.39 is 12.0 Å². The van der Waals surface area contributed by atoms with E-state index in [2.05, 4.69) is 17.0 Å². The van der Waals surface area contributed by atoms with Gasteiger partial charge >= 0.3 is 5.97 Å². The second kappa shape index (κ2) is 12.0. The van der Waals surface area contributed by atoms with Crippen molar-refractivity contribution in [2.24, 2.45) is 5.73 Å². The van der Waals surface area contributed by atoms with Crippen LogP contribution in [0, 0.1) is 0 Å². The molecule has 0 aliphatic heterocycles. The third kappa shape index (κ3) is 10.1. The lowest BCUT2D eigenvalue weighted by Crippen LogP contribution is -2.34. The van der Waals surface area contributed by atoms with Crippen molar-refractivity contribution < 1.29 is 14.3 Å². The van der Waals surface area contributed by atoms with Crippen molar-refractivity contribution in [3.63, 3.8) is 0 Å². The minimum absolute atomic E-state index is 0.0469. The number of nitrogens with two attached hydrogens (primary N) is 1. The third-order valence-corrected chi connectivity index (χ3v) is 3.95. The Kier molecular flexibility index (Phi) is 11.6. The van der Waals surface area contributed by atoms with Gasteiger partial charge in [0.05, 0.1) is 12.9 Å². The van der Waals surface area contributed by atoms with E-state index in [1.54, 1.807) is 0 Å². The number of methoxy groups -OCH3 is 1. The van der Waals surface area contributed by atoms with E-state index in [1.807, 2.05) is 6.92 Å². The highest BCUT2D eigenvalue weighted by Gasteiger charge is 2.13. The van der Waals surface area contributed by atoms with Gasteiger partial charge in [-0.15, -0.1) is 0 Å². The smallest absolute Gasteiger partial charge is 0.322 e. The molecule has 2 unspecified atom stereocenters. The number of nitrogens with one attached hydrogen (secondary N) is 1. The lowest BCUT2D eigenvalue weighted by atomic mass is 10.1. The van der Waals surface area contributed by atoms with E-state index >= 15 is 0 Å². The second-order valence-corrected chi connectivity index (χ2v) is 6.04. The molecule has 0 aromatic carbocycles. The number of unbranched alkanes of at least 4 members (excludes halogenated alkanes) is 2. The third-order valence-electron chi connectivity index (χ3n) is 2.96. The van der Waals surface area contributed by atoms with Crippen LogP contribution in [0.3, 0.4) is 0 Å². The highest BCUT2D eigenvalue weighted by Crippen LogP contribution is 2.06. The molecular formula is C14H28N2O3S. The lowest BCUT2D eigenvalue weighted by molar-refractivity contribution is -0.142. The Balaban J connectivity index is 3.60. The van der Waals surface area contributed by atoms with Crippen LogP contribution in [0.25, 0.3) is 0 Å². The molecule has 0 aromatic heterocycles. The second-order valence-electron chi connectivity index (χ2n) is 4.94. The topological polar surface area (TPSA) is 81.4 Å². The summed E-state index contributed by atoms with van der Waals surface area (Å²) in [6.07, 6.45) is 5.10. The molecule has 0 saturated carbocycles. The van der Waals surface area contributed by atoms with E-state index in [1.165, 1.54) is 31.7 Å². The van der Waals surface area contributed by atoms with Crippen LogP contribution in [0.15, 0.2) is 0 Å². The van der Waals surface area contributed by atoms with Gasteiger partial charge in [-0.3, -0.25) is 9.59 Å². The Morgan fingerprint density at radius 1 is 1.30 bits per heavy atom. The molecule has 0 bridgehead atoms. The monoisotopic (exact) mass is 304 g/mol. The molecule has 1 amide bonds. The van der Waals surface area contributed by atoms with Crippen molar-refractivity contribution in [1.29, 1.82) is 0 Å². The van der Waals surface area contributed by atoms with Crippen molar-refractivity contribution >= 4 is 23.6 Å². The Hall–Kier alpha value is -0.750. The molecule has 2 atom stereocenters. The molecule has 0 aliphatic rings. The highest BCUT2D eigenvalue weighted by atomic mass is 32.2. The number of ether oxygens (including phenoxy) is 1. The van der Waals surface area contributed by atoms with Crippen molar-refractivity contribution in [2.45, 2.75) is 58.0 Å². The van der Waals surface area contributed by atoms with Crippen LogP contribution >= 0.6 is 11.8 Å². The molecular weight excluding hydrogens is 276 g/mol. The van der Waals surface area contributed by atoms with Gasteiger partial charge in [-0.25, -0.2) is 0 Å². The average molecular weight is 304 g/mol. The van der Waals surface area contributed by atoms with E-state index in [-0.39, 0.29) is 11.9 Å². The molecule has 20 heavy (non-hydrogen) atoms. The SMILES string of the molecule is CCCCCC(C)NC(=O)CSCCC(N)C(=O)OC. The number of rotatable bonds is 11. The maximum Gasteiger partial charge on any atom is 0.322 e. The maximum absolute atomic E-state index is 11.7. The van der Waals surface area contributed by atoms with Crippen molar-refractivity contribution in [1.82, 2.24) is 5.32 Å². The first kappa shape index (κ1) is 19.2. The summed E-state index contributed by atoms with van der Waals surface area (Å²) in [6, 6.07) is -0.365. The first-order valence-corrected chi connectivity index (χ1v) is 8.37. The summed E-state index contributed by atoms with van der Waals surface area (Å²) in [5.41, 5.74) is 5.60. The van der Waals surface area contributed by atoms with Crippen LogP contribution in [-0.2, 0) is 14.3 Å². The number of hydrogen-bond donors (Lipinski definition) is 2. The van der Waals surface area contributed by atoms with Gasteiger partial charge in [0.2, 0.25) is 5.91 Å². The molecule has 0 aliphatic carbocycles. The quantitative estimate of drug-likeness (QED) is 0.448. The Bertz CT molecular complexity index is 288. The first-order chi connectivity index (χ1) is 9.51. The minimum Gasteiger partial charge on any atom is -0.468 e. The molecule has 0 heterocycles. The van der Waals surface area contributed by atoms with Crippen LogP contribution in [0.4, 0.5) is 0 Å². The van der Waals surface area contributed by atoms with E-state index in [9.17, 15) is 9.59 Å². The Morgan fingerprint density at radius 3 is 2.60 bits per heavy atom. The van der Waals surface area contributed by atoms with Gasteiger partial charge in [0.25, 0.3) is 0 Å². The summed E-state index contributed by atoms with van der Waals surface area (Å²) in [5.74, 6) is 0.727. The first-order valence-electron chi connectivity index (χ1n) is 7.21. The van der Waals surface area contributed by atoms with Crippen LogP contribution in [-0.4, -0.2) is 42.6 Å². The van der Waals surface area contributed by atoms with E-state index in [4.69, 9.17) is 5.73 Å². The number of carbonyl (C=O) groups is 2. The van der Waals surface area contributed by atoms with Crippen LogP contribution in [0.2, 0.25) is 0 Å². The van der Waals surface area contributed by atoms with Gasteiger partial charge in [0, 0.05) is 6.04 Å². The number of esters is 1. The fourth-order valence-corrected chi connectivity index (χ4v) is 2.57. The van der Waals surface area contributed by atoms with Crippen LogP contribution in [0.1, 0.15) is 46.0 Å². The lowest BCUT2D eigenvalue weighted by Gasteiger charge is -2.13. The zero-order valence-corrected chi connectivity index (χ0v) is 13.6. The summed E-state index contributed by atoms with van der Waals surface area (Å²) >= 11 is 1.49. The standard InChI is InChI=1S/C14H28N2O3S/c1-4-5-6-7-11(2)16-13(17)10-20-9-8-12(15)14(18)19-3/h11-12H,4-10,15H2,1-3H3,(H,16,17). The summed E-state index contributed by atoms with van der Waals surface area (Å²) in [5, 5.41) is 2.98. The summed E-state index contributed by atoms with van der Waals surface area (Å²) in [6.45, 7) is 4.20. The van der Waals surface area contributed by atoms with Crippen molar-refractivity contribution in [2.75, 3.05) is 18.6 Å².